The number of sulfonamides is 1. The number of hydrogen-bond acceptors (Lipinski definition) is 4. The quantitative estimate of drug-likeness (QED) is 0.825. The summed E-state index contributed by atoms with van der Waals surface area (Å²) in [6, 6.07) is 17.8. The molecule has 0 fully saturated rings. The molecule has 22 heavy (non-hydrogen) atoms. The smallest absolute Gasteiger partial charge is 0.322 e. The molecule has 0 heterocycles. The zero-order valence-electron chi connectivity index (χ0n) is 12.1. The number of ether oxygens (including phenoxy) is 1. The lowest BCUT2D eigenvalue weighted by Gasteiger charge is -2.19. The Balaban J connectivity index is 2.32. The van der Waals surface area contributed by atoms with Gasteiger partial charge in [-0.2, -0.15) is 0 Å². The van der Waals surface area contributed by atoms with E-state index in [1.54, 1.807) is 0 Å². The van der Waals surface area contributed by atoms with Crippen LogP contribution < -0.4 is 4.72 Å². The number of esters is 1. The van der Waals surface area contributed by atoms with Crippen LogP contribution >= 0.6 is 0 Å². The van der Waals surface area contributed by atoms with Crippen LogP contribution in [0.3, 0.4) is 0 Å². The van der Waals surface area contributed by atoms with E-state index in [-0.39, 0.29) is 0 Å². The molecule has 0 aliphatic carbocycles. The molecule has 116 valence electrons. The van der Waals surface area contributed by atoms with E-state index in [0.29, 0.717) is 0 Å². The Labute approximate surface area is 130 Å². The van der Waals surface area contributed by atoms with E-state index in [0.717, 1.165) is 18.2 Å². The predicted molar refractivity (Wildman–Crippen MR) is 83.7 cm³/mol. The summed E-state index contributed by atoms with van der Waals surface area (Å²) in [5.41, 5.74) is 1.59. The Morgan fingerprint density at radius 1 is 1.00 bits per heavy atom. The highest BCUT2D eigenvalue weighted by atomic mass is 32.2. The lowest BCUT2D eigenvalue weighted by Crippen LogP contribution is -2.34. The van der Waals surface area contributed by atoms with Crippen molar-refractivity contribution in [1.82, 2.24) is 4.72 Å². The highest BCUT2D eigenvalue weighted by Gasteiger charge is 2.23. The second-order valence-corrected chi connectivity index (χ2v) is 6.46. The maximum Gasteiger partial charge on any atom is 0.322 e. The van der Waals surface area contributed by atoms with Gasteiger partial charge in [0.1, 0.15) is 0 Å². The Morgan fingerprint density at radius 2 is 1.45 bits per heavy atom. The first-order valence-electron chi connectivity index (χ1n) is 6.68. The van der Waals surface area contributed by atoms with Crippen molar-refractivity contribution in [3.8, 4) is 0 Å². The number of methoxy groups -OCH3 is 1. The van der Waals surface area contributed by atoms with Crippen LogP contribution in [0.25, 0.3) is 0 Å². The largest absolute Gasteiger partial charge is 0.468 e. The monoisotopic (exact) mass is 319 g/mol. The van der Waals surface area contributed by atoms with Gasteiger partial charge in [-0.25, -0.2) is 13.1 Å². The third kappa shape index (κ3) is 4.41. The molecule has 1 N–H and O–H groups in total. The molecule has 0 aliphatic heterocycles. The molecule has 0 saturated carbocycles. The van der Waals surface area contributed by atoms with Crippen molar-refractivity contribution < 1.29 is 17.9 Å². The SMILES string of the molecule is COC(=O)CS(=O)(=O)NC(c1ccccc1)c1ccccc1. The Kier molecular flexibility index (Phi) is 5.30. The molecule has 0 radical (unpaired) electrons. The Bertz CT molecular complexity index is 675. The van der Waals surface area contributed by atoms with Crippen molar-refractivity contribution >= 4 is 16.0 Å². The fourth-order valence-corrected chi connectivity index (χ4v) is 3.20. The van der Waals surface area contributed by atoms with Crippen LogP contribution in [0.5, 0.6) is 0 Å². The lowest BCUT2D eigenvalue weighted by molar-refractivity contribution is -0.137. The maximum absolute atomic E-state index is 12.1. The van der Waals surface area contributed by atoms with Gasteiger partial charge in [-0.05, 0) is 11.1 Å². The van der Waals surface area contributed by atoms with Crippen molar-refractivity contribution in [1.29, 1.82) is 0 Å². The summed E-state index contributed by atoms with van der Waals surface area (Å²) in [4.78, 5) is 11.2. The number of carbonyl (C=O) groups excluding carboxylic acids is 1. The van der Waals surface area contributed by atoms with Crippen LogP contribution in [0.1, 0.15) is 17.2 Å². The molecule has 0 unspecified atom stereocenters. The molecule has 0 saturated heterocycles. The van der Waals surface area contributed by atoms with E-state index >= 15 is 0 Å². The van der Waals surface area contributed by atoms with E-state index < -0.39 is 27.8 Å². The van der Waals surface area contributed by atoms with E-state index in [1.807, 2.05) is 60.7 Å². The normalized spacial score (nSPS) is 11.4. The fourth-order valence-electron chi connectivity index (χ4n) is 2.05. The number of carbonyl (C=O) groups is 1. The Hall–Kier alpha value is -2.18. The molecule has 0 atom stereocenters. The second kappa shape index (κ2) is 7.20. The Morgan fingerprint density at radius 3 is 1.86 bits per heavy atom. The van der Waals surface area contributed by atoms with Crippen molar-refractivity contribution in [2.24, 2.45) is 0 Å². The average Bonchev–Trinajstić information content (AvgIpc) is 2.54. The molecule has 0 aliphatic rings. The molecular formula is C16H17NO4S. The van der Waals surface area contributed by atoms with Gasteiger partial charge >= 0.3 is 5.97 Å². The molecule has 2 aromatic carbocycles. The summed E-state index contributed by atoms with van der Waals surface area (Å²) >= 11 is 0. The average molecular weight is 319 g/mol. The van der Waals surface area contributed by atoms with Crippen molar-refractivity contribution in [3.63, 3.8) is 0 Å². The first-order valence-corrected chi connectivity index (χ1v) is 8.34. The van der Waals surface area contributed by atoms with Crippen LogP contribution in [0.4, 0.5) is 0 Å². The molecule has 5 nitrogen and oxygen atoms in total. The number of benzene rings is 2. The summed E-state index contributed by atoms with van der Waals surface area (Å²) in [7, 11) is -2.66. The van der Waals surface area contributed by atoms with Crippen LogP contribution in [0.15, 0.2) is 60.7 Å². The van der Waals surface area contributed by atoms with E-state index in [9.17, 15) is 13.2 Å². The molecule has 0 aromatic heterocycles. The van der Waals surface area contributed by atoms with Gasteiger partial charge in [-0.3, -0.25) is 4.79 Å². The summed E-state index contributed by atoms with van der Waals surface area (Å²) < 4.78 is 31.3. The molecule has 0 amide bonds. The van der Waals surface area contributed by atoms with Crippen molar-refractivity contribution in [2.75, 3.05) is 12.9 Å². The van der Waals surface area contributed by atoms with Crippen LogP contribution in [0, 0.1) is 0 Å². The predicted octanol–water partition coefficient (Wildman–Crippen LogP) is 1.87. The summed E-state index contributed by atoms with van der Waals surface area (Å²) in [6.07, 6.45) is 0. The minimum Gasteiger partial charge on any atom is -0.468 e. The maximum atomic E-state index is 12.1. The summed E-state index contributed by atoms with van der Waals surface area (Å²) in [5.74, 6) is -1.51. The standard InChI is InChI=1S/C16H17NO4S/c1-21-15(18)12-22(19,20)17-16(13-8-4-2-5-9-13)14-10-6-3-7-11-14/h2-11,16-17H,12H2,1H3. The highest BCUT2D eigenvalue weighted by Crippen LogP contribution is 2.22. The topological polar surface area (TPSA) is 72.5 Å². The zero-order valence-corrected chi connectivity index (χ0v) is 12.9. The molecule has 6 heteroatoms. The lowest BCUT2D eigenvalue weighted by atomic mass is 10.00. The van der Waals surface area contributed by atoms with E-state index in [2.05, 4.69) is 9.46 Å². The molecule has 2 rings (SSSR count). The summed E-state index contributed by atoms with van der Waals surface area (Å²) in [5, 5.41) is 0. The zero-order chi connectivity index (χ0) is 16.0. The van der Waals surface area contributed by atoms with Gasteiger partial charge in [0.15, 0.2) is 5.75 Å². The van der Waals surface area contributed by atoms with Gasteiger partial charge in [-0.15, -0.1) is 0 Å². The third-order valence-electron chi connectivity index (χ3n) is 3.10. The van der Waals surface area contributed by atoms with Gasteiger partial charge < -0.3 is 4.74 Å². The van der Waals surface area contributed by atoms with Crippen LogP contribution in [-0.2, 0) is 19.6 Å². The fraction of sp³-hybridized carbons (Fsp3) is 0.188. The van der Waals surface area contributed by atoms with Gasteiger partial charge in [-0.1, -0.05) is 60.7 Å². The number of hydrogen-bond donors (Lipinski definition) is 1. The van der Waals surface area contributed by atoms with E-state index in [1.165, 1.54) is 0 Å². The van der Waals surface area contributed by atoms with E-state index in [4.69, 9.17) is 0 Å². The van der Waals surface area contributed by atoms with Gasteiger partial charge in [0.25, 0.3) is 0 Å². The molecular weight excluding hydrogens is 302 g/mol. The number of nitrogens with one attached hydrogen (secondary N) is 1. The van der Waals surface area contributed by atoms with Gasteiger partial charge in [0.05, 0.1) is 13.2 Å². The number of rotatable bonds is 6. The first kappa shape index (κ1) is 16.2. The molecule has 2 aromatic rings. The summed E-state index contributed by atoms with van der Waals surface area (Å²) in [6.45, 7) is 0. The highest BCUT2D eigenvalue weighted by molar-refractivity contribution is 7.90. The van der Waals surface area contributed by atoms with Crippen LogP contribution in [-0.4, -0.2) is 27.2 Å². The molecule has 0 bridgehead atoms. The first-order chi connectivity index (χ1) is 10.5. The van der Waals surface area contributed by atoms with Gasteiger partial charge in [0.2, 0.25) is 10.0 Å². The minimum absolute atomic E-state index is 0.558. The van der Waals surface area contributed by atoms with Crippen LogP contribution in [0.2, 0.25) is 0 Å². The van der Waals surface area contributed by atoms with Crippen molar-refractivity contribution in [3.05, 3.63) is 71.8 Å². The third-order valence-corrected chi connectivity index (χ3v) is 4.31. The van der Waals surface area contributed by atoms with Gasteiger partial charge in [0, 0.05) is 0 Å². The second-order valence-electron chi connectivity index (χ2n) is 4.71. The van der Waals surface area contributed by atoms with Crippen molar-refractivity contribution in [2.45, 2.75) is 6.04 Å². The minimum atomic E-state index is -3.81. The molecule has 0 spiro atoms.